The molecule has 0 aliphatic heterocycles. The van der Waals surface area contributed by atoms with Gasteiger partial charge in [-0.15, -0.1) is 0 Å². The molecule has 30 heavy (non-hydrogen) atoms. The Morgan fingerprint density at radius 3 is 1.47 bits per heavy atom. The van der Waals surface area contributed by atoms with E-state index in [1.165, 1.54) is 103 Å². The van der Waals surface area contributed by atoms with E-state index in [-0.39, 0.29) is 0 Å². The van der Waals surface area contributed by atoms with Crippen LogP contribution in [0.2, 0.25) is 0 Å². The van der Waals surface area contributed by atoms with Crippen LogP contribution in [0.15, 0.2) is 30.3 Å². The average Bonchev–Trinajstić information content (AvgIpc) is 2.74. The van der Waals surface area contributed by atoms with Gasteiger partial charge in [-0.2, -0.15) is 0 Å². The minimum atomic E-state index is 0.617. The van der Waals surface area contributed by atoms with Crippen LogP contribution < -0.4 is 0 Å². The molecule has 0 heterocycles. The normalized spacial score (nSPS) is 11.4. The van der Waals surface area contributed by atoms with E-state index < -0.39 is 0 Å². The van der Waals surface area contributed by atoms with Crippen molar-refractivity contribution in [2.45, 2.75) is 110 Å². The smallest absolute Gasteiger partial charge is 0.224 e. The zero-order valence-electron chi connectivity index (χ0n) is 20.3. The molecule has 0 unspecified atom stereocenters. The molecule has 1 aromatic rings. The summed E-state index contributed by atoms with van der Waals surface area (Å²) < 4.78 is 0.617. The third-order valence-electron chi connectivity index (χ3n) is 6.32. The number of hydrogen-bond donors (Lipinski definition) is 0. The summed E-state index contributed by atoms with van der Waals surface area (Å²) in [6, 6.07) is 9.98. The maximum atomic E-state index is 11.5. The Hall–Kier alpha value is -1.37. The van der Waals surface area contributed by atoms with E-state index in [1.54, 1.807) is 0 Å². The third kappa shape index (κ3) is 12.4. The standard InChI is InChI=1S/C28H48NO/c1-4-5-6-7-8-9-10-11-12-13-14-15-16-17-18-22-25-29(2,3)28(26-30)27-23-20-19-21-24-27/h19-21,23-24H,4-18,22,25H2,1-3H3/q+1. The van der Waals surface area contributed by atoms with Gasteiger partial charge in [0.1, 0.15) is 0 Å². The number of hydrogen-bond acceptors (Lipinski definition) is 1. The zero-order chi connectivity index (χ0) is 21.9. The van der Waals surface area contributed by atoms with Crippen LogP contribution in [-0.2, 0) is 4.79 Å². The molecular formula is C28H48NO+. The lowest BCUT2D eigenvalue weighted by atomic mass is 10.0. The minimum absolute atomic E-state index is 0.617. The predicted molar refractivity (Wildman–Crippen MR) is 132 cm³/mol. The molecule has 0 amide bonds. The monoisotopic (exact) mass is 414 g/mol. The maximum absolute atomic E-state index is 11.5. The van der Waals surface area contributed by atoms with E-state index in [2.05, 4.69) is 27.0 Å². The van der Waals surface area contributed by atoms with Crippen molar-refractivity contribution in [1.29, 1.82) is 0 Å². The lowest BCUT2D eigenvalue weighted by molar-refractivity contribution is -0.817. The highest BCUT2D eigenvalue weighted by atomic mass is 16.1. The van der Waals surface area contributed by atoms with Gasteiger partial charge in [-0.1, -0.05) is 115 Å². The van der Waals surface area contributed by atoms with E-state index in [4.69, 9.17) is 0 Å². The fourth-order valence-electron chi connectivity index (χ4n) is 4.29. The minimum Gasteiger partial charge on any atom is -0.286 e. The highest BCUT2D eigenvalue weighted by molar-refractivity contribution is 5.82. The molecule has 0 radical (unpaired) electrons. The number of carbonyl (C=O) groups excluding carboxylic acids is 1. The molecule has 0 bridgehead atoms. The summed E-state index contributed by atoms with van der Waals surface area (Å²) in [4.78, 5) is 11.5. The summed E-state index contributed by atoms with van der Waals surface area (Å²) in [6.07, 6.45) is 22.2. The molecule has 1 rings (SSSR count). The second kappa shape index (κ2) is 17.3. The van der Waals surface area contributed by atoms with Crippen molar-refractivity contribution in [2.75, 3.05) is 20.6 Å². The average molecular weight is 415 g/mol. The first kappa shape index (κ1) is 26.7. The Bertz CT molecular complexity index is 572. The molecule has 0 aromatic heterocycles. The van der Waals surface area contributed by atoms with Crippen LogP contribution in [-0.4, -0.2) is 31.1 Å². The summed E-state index contributed by atoms with van der Waals surface area (Å²) in [5.74, 6) is 2.20. The quantitative estimate of drug-likeness (QED) is 0.127. The fourth-order valence-corrected chi connectivity index (χ4v) is 4.29. The topological polar surface area (TPSA) is 17.1 Å². The second-order valence-electron chi connectivity index (χ2n) is 9.53. The molecule has 1 aromatic carbocycles. The highest BCUT2D eigenvalue weighted by Gasteiger charge is 2.24. The molecule has 0 saturated carbocycles. The first-order valence-electron chi connectivity index (χ1n) is 12.8. The molecule has 0 aliphatic rings. The molecule has 170 valence electrons. The Morgan fingerprint density at radius 1 is 0.667 bits per heavy atom. The van der Waals surface area contributed by atoms with Crippen LogP contribution in [0.1, 0.15) is 115 Å². The number of benzene rings is 1. The molecule has 0 atom stereocenters. The van der Waals surface area contributed by atoms with Crippen molar-refractivity contribution >= 4 is 11.6 Å². The Kier molecular flexibility index (Phi) is 15.4. The molecular weight excluding hydrogens is 366 g/mol. The van der Waals surface area contributed by atoms with Crippen LogP contribution in [0.4, 0.5) is 0 Å². The number of rotatable bonds is 19. The van der Waals surface area contributed by atoms with E-state index in [9.17, 15) is 4.79 Å². The summed E-state index contributed by atoms with van der Waals surface area (Å²) in [6.45, 7) is 3.28. The zero-order valence-corrected chi connectivity index (χ0v) is 20.3. The van der Waals surface area contributed by atoms with E-state index in [0.29, 0.717) is 4.48 Å². The summed E-state index contributed by atoms with van der Waals surface area (Å²) >= 11 is 0. The summed E-state index contributed by atoms with van der Waals surface area (Å²) in [5, 5.41) is 0. The van der Waals surface area contributed by atoms with Gasteiger partial charge in [0.05, 0.1) is 20.6 Å². The molecule has 0 saturated heterocycles. The van der Waals surface area contributed by atoms with Gasteiger partial charge in [0.2, 0.25) is 5.70 Å². The second-order valence-corrected chi connectivity index (χ2v) is 9.53. The number of nitrogens with zero attached hydrogens (tertiary/aromatic N) is 1. The maximum Gasteiger partial charge on any atom is 0.224 e. The molecule has 0 aliphatic carbocycles. The van der Waals surface area contributed by atoms with Crippen LogP contribution in [0.3, 0.4) is 0 Å². The van der Waals surface area contributed by atoms with E-state index in [1.807, 2.05) is 30.3 Å². The SMILES string of the molecule is CCCCCCCCCCCCCCCCCC[N+](C)(C)C(=C=O)c1ccccc1. The van der Waals surface area contributed by atoms with Crippen LogP contribution in [0, 0.1) is 0 Å². The number of quaternary nitrogens is 1. The lowest BCUT2D eigenvalue weighted by Crippen LogP contribution is -2.38. The first-order valence-corrected chi connectivity index (χ1v) is 12.8. The van der Waals surface area contributed by atoms with Gasteiger partial charge in [-0.25, -0.2) is 4.79 Å². The summed E-state index contributed by atoms with van der Waals surface area (Å²) in [5.41, 5.74) is 1.76. The van der Waals surface area contributed by atoms with Gasteiger partial charge in [0, 0.05) is 5.56 Å². The van der Waals surface area contributed by atoms with Gasteiger partial charge in [-0.05, 0) is 25.0 Å². The van der Waals surface area contributed by atoms with Crippen molar-refractivity contribution in [2.24, 2.45) is 0 Å². The van der Waals surface area contributed by atoms with Gasteiger partial charge in [0.15, 0.2) is 5.94 Å². The number of unbranched alkanes of at least 4 members (excludes halogenated alkanes) is 15. The van der Waals surface area contributed by atoms with E-state index in [0.717, 1.165) is 17.8 Å². The fraction of sp³-hybridized carbons (Fsp3) is 0.714. The Morgan fingerprint density at radius 2 is 1.07 bits per heavy atom. The molecule has 0 spiro atoms. The molecule has 0 fully saturated rings. The Balaban J connectivity index is 1.97. The van der Waals surface area contributed by atoms with Crippen molar-refractivity contribution in [3.05, 3.63) is 35.9 Å². The predicted octanol–water partition coefficient (Wildman–Crippen LogP) is 8.20. The van der Waals surface area contributed by atoms with Gasteiger partial charge in [-0.3, -0.25) is 4.48 Å². The molecule has 2 nitrogen and oxygen atoms in total. The van der Waals surface area contributed by atoms with Crippen LogP contribution >= 0.6 is 0 Å². The van der Waals surface area contributed by atoms with Crippen molar-refractivity contribution < 1.29 is 9.28 Å². The van der Waals surface area contributed by atoms with E-state index >= 15 is 0 Å². The first-order chi connectivity index (χ1) is 14.6. The molecule has 0 N–H and O–H groups in total. The van der Waals surface area contributed by atoms with Crippen LogP contribution in [0.5, 0.6) is 0 Å². The largest absolute Gasteiger partial charge is 0.286 e. The van der Waals surface area contributed by atoms with Crippen molar-refractivity contribution in [3.63, 3.8) is 0 Å². The van der Waals surface area contributed by atoms with Gasteiger partial charge < -0.3 is 0 Å². The summed E-state index contributed by atoms with van der Waals surface area (Å²) in [7, 11) is 4.25. The Labute approximate surface area is 187 Å². The highest BCUT2D eigenvalue weighted by Crippen LogP contribution is 2.22. The van der Waals surface area contributed by atoms with Crippen molar-refractivity contribution in [3.8, 4) is 0 Å². The molecule has 2 heteroatoms. The van der Waals surface area contributed by atoms with Gasteiger partial charge >= 0.3 is 0 Å². The lowest BCUT2D eigenvalue weighted by Gasteiger charge is -2.29. The van der Waals surface area contributed by atoms with Crippen molar-refractivity contribution in [1.82, 2.24) is 0 Å². The van der Waals surface area contributed by atoms with Crippen LogP contribution in [0.25, 0.3) is 5.70 Å². The van der Waals surface area contributed by atoms with Gasteiger partial charge in [0.25, 0.3) is 0 Å². The third-order valence-corrected chi connectivity index (χ3v) is 6.32.